The first-order valence-electron chi connectivity index (χ1n) is 12.2. The maximum atomic E-state index is 13.4. The molecule has 0 aromatic heterocycles. The molecule has 1 saturated heterocycles. The summed E-state index contributed by atoms with van der Waals surface area (Å²) in [6.07, 6.45) is 0.419. The smallest absolute Gasteiger partial charge is 0.418 e. The minimum Gasteiger partial charge on any atom is -0.494 e. The van der Waals surface area contributed by atoms with E-state index in [-0.39, 0.29) is 11.7 Å². The van der Waals surface area contributed by atoms with Crippen molar-refractivity contribution in [1.29, 1.82) is 5.26 Å². The maximum Gasteiger partial charge on any atom is 0.418 e. The van der Waals surface area contributed by atoms with Crippen molar-refractivity contribution >= 4 is 29.7 Å². The molecule has 0 saturated carbocycles. The van der Waals surface area contributed by atoms with Crippen LogP contribution in [0.2, 0.25) is 0 Å². The lowest BCUT2D eigenvalue weighted by Crippen LogP contribution is -2.47. The average molecular weight is 512 g/mol. The molecule has 0 radical (unpaired) electrons. The van der Waals surface area contributed by atoms with E-state index in [1.165, 1.54) is 23.1 Å². The number of alkyl halides is 3. The fourth-order valence-corrected chi connectivity index (χ4v) is 4.50. The highest BCUT2D eigenvalue weighted by Crippen LogP contribution is 2.35. The third kappa shape index (κ3) is 6.30. The lowest BCUT2D eigenvalue weighted by molar-refractivity contribution is -0.136. The Balaban J connectivity index is 1.49. The highest BCUT2D eigenvalue weighted by Gasteiger charge is 2.34. The summed E-state index contributed by atoms with van der Waals surface area (Å²) in [6, 6.07) is 11.8. The van der Waals surface area contributed by atoms with Gasteiger partial charge in [0.2, 0.25) is 0 Å². The maximum absolute atomic E-state index is 13.4. The van der Waals surface area contributed by atoms with E-state index in [4.69, 9.17) is 4.74 Å². The molecule has 2 aromatic rings. The first kappa shape index (κ1) is 26.2. The van der Waals surface area contributed by atoms with Crippen molar-refractivity contribution in [3.8, 4) is 11.8 Å². The molecule has 194 valence electrons. The molecule has 7 nitrogen and oxygen atoms in total. The summed E-state index contributed by atoms with van der Waals surface area (Å²) < 4.78 is 45.6. The Labute approximate surface area is 213 Å². The van der Waals surface area contributed by atoms with E-state index in [1.54, 1.807) is 6.21 Å². The molecule has 1 atom stereocenters. The zero-order chi connectivity index (χ0) is 26.4. The fraction of sp³-hybridized carbons (Fsp3) is 0.370. The van der Waals surface area contributed by atoms with Crippen molar-refractivity contribution < 1.29 is 22.7 Å². The number of halogens is 3. The highest BCUT2D eigenvalue weighted by molar-refractivity contribution is 5.90. The van der Waals surface area contributed by atoms with Crippen LogP contribution in [0.25, 0.3) is 6.08 Å². The molecule has 0 spiro atoms. The van der Waals surface area contributed by atoms with Crippen LogP contribution in [0.4, 0.5) is 29.3 Å². The molecule has 0 aliphatic carbocycles. The van der Waals surface area contributed by atoms with Crippen LogP contribution in [0.5, 0.6) is 5.75 Å². The lowest BCUT2D eigenvalue weighted by Gasteiger charge is -2.34. The first-order valence-corrected chi connectivity index (χ1v) is 12.2. The van der Waals surface area contributed by atoms with Crippen molar-refractivity contribution in [3.63, 3.8) is 0 Å². The zero-order valence-electron chi connectivity index (χ0n) is 20.5. The Kier molecular flexibility index (Phi) is 8.14. The predicted octanol–water partition coefficient (Wildman–Crippen LogP) is 5.73. The van der Waals surface area contributed by atoms with Crippen LogP contribution < -0.4 is 10.1 Å². The normalized spacial score (nSPS) is 18.5. The van der Waals surface area contributed by atoms with Crippen LogP contribution >= 0.6 is 0 Å². The number of nitrogens with zero attached hydrogens (tertiary/aromatic N) is 4. The third-order valence-corrected chi connectivity index (χ3v) is 6.36. The van der Waals surface area contributed by atoms with Gasteiger partial charge in [-0.15, -0.1) is 0 Å². The number of hydrogen-bond acceptors (Lipinski definition) is 5. The molecule has 37 heavy (non-hydrogen) atoms. The molecule has 2 aliphatic heterocycles. The largest absolute Gasteiger partial charge is 0.494 e. The van der Waals surface area contributed by atoms with Gasteiger partial charge in [-0.2, -0.15) is 18.4 Å². The number of ether oxygens (including phenoxy) is 1. The van der Waals surface area contributed by atoms with Crippen molar-refractivity contribution in [2.24, 2.45) is 4.99 Å². The Morgan fingerprint density at radius 2 is 1.95 bits per heavy atom. The van der Waals surface area contributed by atoms with Gasteiger partial charge >= 0.3 is 12.2 Å². The number of hydrogen-bond donors (Lipinski definition) is 1. The first-order chi connectivity index (χ1) is 17.8. The van der Waals surface area contributed by atoms with Crippen LogP contribution in [-0.4, -0.2) is 60.9 Å². The summed E-state index contributed by atoms with van der Waals surface area (Å²) >= 11 is 0. The summed E-state index contributed by atoms with van der Waals surface area (Å²) in [4.78, 5) is 21.1. The third-order valence-electron chi connectivity index (χ3n) is 6.36. The molecular formula is C27H28F3N5O2. The average Bonchev–Trinajstić information content (AvgIpc) is 3.03. The van der Waals surface area contributed by atoms with E-state index in [2.05, 4.69) is 21.3 Å². The summed E-state index contributed by atoms with van der Waals surface area (Å²) in [5, 5.41) is 12.4. The Bertz CT molecular complexity index is 1240. The molecule has 4 rings (SSSR count). The highest BCUT2D eigenvalue weighted by atomic mass is 19.4. The number of carbonyl (C=O) groups is 1. The standard InChI is InChI=1S/C27H28F3N5O2/c1-2-37-21-9-10-23-19(16-21)15-20(17-31)25(18-32-23)34-11-5-6-12-35(14-13-34)26(36)33-24-8-4-3-7-22(24)27(28,29)30/h3-4,7-10,15-16,18,25H,2,5-6,11-14H2,1H3,(H,33,36). The van der Waals surface area contributed by atoms with E-state index in [1.807, 2.05) is 31.2 Å². The summed E-state index contributed by atoms with van der Waals surface area (Å²) in [5.74, 6) is 0.698. The lowest BCUT2D eigenvalue weighted by atomic mass is 10.0. The molecule has 2 amide bonds. The molecule has 10 heteroatoms. The fourth-order valence-electron chi connectivity index (χ4n) is 4.50. The van der Waals surface area contributed by atoms with Gasteiger partial charge in [0.15, 0.2) is 0 Å². The van der Waals surface area contributed by atoms with Crippen LogP contribution in [0.15, 0.2) is 53.0 Å². The summed E-state index contributed by atoms with van der Waals surface area (Å²) in [5.41, 5.74) is 0.885. The van der Waals surface area contributed by atoms with E-state index < -0.39 is 17.8 Å². The van der Waals surface area contributed by atoms with Gasteiger partial charge in [0, 0.05) is 31.4 Å². The molecular weight excluding hydrogens is 483 g/mol. The van der Waals surface area contributed by atoms with Gasteiger partial charge in [-0.25, -0.2) is 4.79 Å². The number of nitriles is 1. The van der Waals surface area contributed by atoms with Gasteiger partial charge in [0.05, 0.1) is 41.2 Å². The topological polar surface area (TPSA) is 81.0 Å². The van der Waals surface area contributed by atoms with Crippen LogP contribution in [-0.2, 0) is 6.18 Å². The number of nitrogens with one attached hydrogen (secondary N) is 1. The number of urea groups is 1. The van der Waals surface area contributed by atoms with Crippen molar-refractivity contribution in [3.05, 3.63) is 59.2 Å². The van der Waals surface area contributed by atoms with E-state index in [0.717, 1.165) is 23.7 Å². The van der Waals surface area contributed by atoms with Crippen LogP contribution in [0, 0.1) is 11.3 Å². The zero-order valence-corrected chi connectivity index (χ0v) is 20.5. The van der Waals surface area contributed by atoms with Gasteiger partial charge in [0.25, 0.3) is 0 Å². The molecule has 1 fully saturated rings. The van der Waals surface area contributed by atoms with Gasteiger partial charge in [-0.3, -0.25) is 9.89 Å². The van der Waals surface area contributed by atoms with Crippen molar-refractivity contribution in [2.45, 2.75) is 32.0 Å². The molecule has 1 N–H and O–H groups in total. The summed E-state index contributed by atoms with van der Waals surface area (Å²) in [7, 11) is 0. The van der Waals surface area contributed by atoms with Gasteiger partial charge in [-0.1, -0.05) is 12.1 Å². The predicted molar refractivity (Wildman–Crippen MR) is 136 cm³/mol. The van der Waals surface area contributed by atoms with Gasteiger partial charge in [-0.05, 0) is 62.7 Å². The number of para-hydroxylation sites is 1. The Morgan fingerprint density at radius 3 is 2.70 bits per heavy atom. The van der Waals surface area contributed by atoms with Crippen LogP contribution in [0.3, 0.4) is 0 Å². The summed E-state index contributed by atoms with van der Waals surface area (Å²) in [6.45, 7) is 4.28. The molecule has 2 aromatic carbocycles. The number of anilines is 1. The molecule has 2 aliphatic rings. The second-order valence-electron chi connectivity index (χ2n) is 8.79. The van der Waals surface area contributed by atoms with Crippen molar-refractivity contribution in [1.82, 2.24) is 9.80 Å². The number of aliphatic imine (C=N–C) groups is 1. The second kappa shape index (κ2) is 11.5. The minimum absolute atomic E-state index is 0.270. The number of amides is 2. The second-order valence-corrected chi connectivity index (χ2v) is 8.79. The van der Waals surface area contributed by atoms with E-state index >= 15 is 0 Å². The molecule has 1 unspecified atom stereocenters. The van der Waals surface area contributed by atoms with E-state index in [9.17, 15) is 23.2 Å². The van der Waals surface area contributed by atoms with E-state index in [0.29, 0.717) is 50.5 Å². The molecule has 2 heterocycles. The SMILES string of the molecule is CCOc1ccc2c(c1)C=C(C#N)C(N1CCCCN(C(=O)Nc3ccccc3C(F)(F)F)CC1)C=N2. The number of fused-ring (bicyclic) bond motifs is 1. The quantitative estimate of drug-likeness (QED) is 0.569. The number of carbonyl (C=O) groups excluding carboxylic acids is 1. The minimum atomic E-state index is -4.57. The van der Waals surface area contributed by atoms with Crippen molar-refractivity contribution in [2.75, 3.05) is 38.1 Å². The van der Waals surface area contributed by atoms with Crippen LogP contribution in [0.1, 0.15) is 30.9 Å². The number of rotatable bonds is 4. The molecule has 0 bridgehead atoms. The monoisotopic (exact) mass is 511 g/mol. The number of benzene rings is 2. The Morgan fingerprint density at radius 1 is 1.16 bits per heavy atom. The van der Waals surface area contributed by atoms with Gasteiger partial charge < -0.3 is 15.0 Å². The van der Waals surface area contributed by atoms with Gasteiger partial charge in [0.1, 0.15) is 5.75 Å². The Hall–Kier alpha value is -3.84.